The van der Waals surface area contributed by atoms with Gasteiger partial charge in [-0.1, -0.05) is 6.58 Å². The molecule has 1 aromatic heterocycles. The molecule has 0 radical (unpaired) electrons. The molecule has 0 atom stereocenters. The van der Waals surface area contributed by atoms with E-state index in [1.54, 1.807) is 12.5 Å². The van der Waals surface area contributed by atoms with Crippen LogP contribution in [0, 0.1) is 0 Å². The summed E-state index contributed by atoms with van der Waals surface area (Å²) in [6.45, 7) is 3.95. The van der Waals surface area contributed by atoms with Gasteiger partial charge in [-0.15, -0.1) is 0 Å². The highest BCUT2D eigenvalue weighted by Gasteiger charge is 1.89. The van der Waals surface area contributed by atoms with Crippen LogP contribution < -0.4 is 0 Å². The molecule has 1 heterocycles. The second-order valence-corrected chi connectivity index (χ2v) is 1.61. The summed E-state index contributed by atoms with van der Waals surface area (Å²) in [5, 5.41) is 0. The highest BCUT2D eigenvalue weighted by atomic mass is 16.5. The molecule has 0 unspecified atom stereocenters. The minimum atomic E-state index is 0.542. The molecule has 48 valence electrons. The molecule has 0 aliphatic carbocycles. The Morgan fingerprint density at radius 1 is 1.78 bits per heavy atom. The molecule has 1 aromatic rings. The summed E-state index contributed by atoms with van der Waals surface area (Å²) in [7, 11) is 0. The van der Waals surface area contributed by atoms with Gasteiger partial charge in [-0.3, -0.25) is 0 Å². The van der Waals surface area contributed by atoms with Crippen molar-refractivity contribution in [3.05, 3.63) is 37.0 Å². The van der Waals surface area contributed by atoms with Crippen LogP contribution in [0.3, 0.4) is 0 Å². The summed E-state index contributed by atoms with van der Waals surface area (Å²) in [6, 6.07) is 1.85. The van der Waals surface area contributed by atoms with Crippen molar-refractivity contribution >= 4 is 0 Å². The highest BCUT2D eigenvalue weighted by molar-refractivity contribution is 5.03. The van der Waals surface area contributed by atoms with Crippen molar-refractivity contribution in [2.45, 2.75) is 6.61 Å². The minimum absolute atomic E-state index is 0.542. The van der Waals surface area contributed by atoms with Gasteiger partial charge in [0, 0.05) is 5.56 Å². The van der Waals surface area contributed by atoms with Crippen molar-refractivity contribution in [1.82, 2.24) is 0 Å². The zero-order valence-electron chi connectivity index (χ0n) is 5.04. The van der Waals surface area contributed by atoms with Crippen molar-refractivity contribution in [3.63, 3.8) is 0 Å². The lowest BCUT2D eigenvalue weighted by atomic mass is 10.4. The molecule has 0 amide bonds. The van der Waals surface area contributed by atoms with E-state index >= 15 is 0 Å². The summed E-state index contributed by atoms with van der Waals surface area (Å²) < 4.78 is 9.68. The molecule has 0 fully saturated rings. The average Bonchev–Trinajstić information content (AvgIpc) is 2.34. The van der Waals surface area contributed by atoms with Crippen LogP contribution in [0.4, 0.5) is 0 Å². The van der Waals surface area contributed by atoms with Crippen LogP contribution in [0.25, 0.3) is 0 Å². The van der Waals surface area contributed by atoms with Crippen molar-refractivity contribution < 1.29 is 9.15 Å². The third kappa shape index (κ3) is 1.64. The molecule has 0 saturated carbocycles. The normalized spacial score (nSPS) is 8.89. The molecule has 0 aromatic carbocycles. The summed E-state index contributed by atoms with van der Waals surface area (Å²) in [5.74, 6) is 0. The van der Waals surface area contributed by atoms with Crippen LogP contribution in [0.5, 0.6) is 0 Å². The summed E-state index contributed by atoms with van der Waals surface area (Å²) in [6.07, 6.45) is 4.66. The second kappa shape index (κ2) is 2.97. The maximum atomic E-state index is 4.88. The Kier molecular flexibility index (Phi) is 1.96. The third-order valence-electron chi connectivity index (χ3n) is 0.948. The number of ether oxygens (including phenoxy) is 1. The number of furan rings is 1. The Morgan fingerprint density at radius 3 is 3.22 bits per heavy atom. The Hall–Kier alpha value is -1.18. The Labute approximate surface area is 53.7 Å². The van der Waals surface area contributed by atoms with Crippen molar-refractivity contribution in [3.8, 4) is 0 Å². The topological polar surface area (TPSA) is 22.4 Å². The fraction of sp³-hybridized carbons (Fsp3) is 0.143. The number of hydrogen-bond donors (Lipinski definition) is 0. The predicted octanol–water partition coefficient (Wildman–Crippen LogP) is 1.94. The van der Waals surface area contributed by atoms with E-state index in [2.05, 4.69) is 6.58 Å². The molecule has 0 spiro atoms. The molecule has 0 N–H and O–H groups in total. The molecule has 2 nitrogen and oxygen atoms in total. The van der Waals surface area contributed by atoms with Gasteiger partial charge >= 0.3 is 0 Å². The maximum Gasteiger partial charge on any atom is 0.115 e. The van der Waals surface area contributed by atoms with E-state index in [1.807, 2.05) is 6.07 Å². The summed E-state index contributed by atoms with van der Waals surface area (Å²) >= 11 is 0. The Bertz CT molecular complexity index is 165. The first-order valence-electron chi connectivity index (χ1n) is 2.67. The number of rotatable bonds is 3. The van der Waals surface area contributed by atoms with Gasteiger partial charge in [0.15, 0.2) is 0 Å². The summed E-state index contributed by atoms with van der Waals surface area (Å²) in [4.78, 5) is 0. The quantitative estimate of drug-likeness (QED) is 0.574. The highest BCUT2D eigenvalue weighted by Crippen LogP contribution is 2.00. The molecular weight excluding hydrogens is 116 g/mol. The van der Waals surface area contributed by atoms with Crippen LogP contribution >= 0.6 is 0 Å². The van der Waals surface area contributed by atoms with E-state index < -0.39 is 0 Å². The Balaban J connectivity index is 2.38. The average molecular weight is 124 g/mol. The zero-order valence-corrected chi connectivity index (χ0v) is 5.04. The first kappa shape index (κ1) is 5.95. The summed E-state index contributed by atoms with van der Waals surface area (Å²) in [5.41, 5.74) is 1.02. The maximum absolute atomic E-state index is 4.88. The zero-order chi connectivity index (χ0) is 6.53. The van der Waals surface area contributed by atoms with Crippen molar-refractivity contribution in [2.24, 2.45) is 0 Å². The minimum Gasteiger partial charge on any atom is -0.497 e. The second-order valence-electron chi connectivity index (χ2n) is 1.61. The van der Waals surface area contributed by atoms with Gasteiger partial charge < -0.3 is 9.15 Å². The monoisotopic (exact) mass is 124 g/mol. The van der Waals surface area contributed by atoms with E-state index in [0.29, 0.717) is 6.61 Å². The van der Waals surface area contributed by atoms with Crippen molar-refractivity contribution in [2.75, 3.05) is 0 Å². The van der Waals surface area contributed by atoms with Crippen LogP contribution in [-0.4, -0.2) is 0 Å². The van der Waals surface area contributed by atoms with Gasteiger partial charge in [0.25, 0.3) is 0 Å². The van der Waals surface area contributed by atoms with E-state index in [4.69, 9.17) is 9.15 Å². The van der Waals surface area contributed by atoms with Crippen molar-refractivity contribution in [1.29, 1.82) is 0 Å². The molecule has 9 heavy (non-hydrogen) atoms. The smallest absolute Gasteiger partial charge is 0.115 e. The predicted molar refractivity (Wildman–Crippen MR) is 33.7 cm³/mol. The fourth-order valence-electron chi connectivity index (χ4n) is 0.530. The lowest BCUT2D eigenvalue weighted by molar-refractivity contribution is 0.237. The van der Waals surface area contributed by atoms with Gasteiger partial charge in [0.05, 0.1) is 18.8 Å². The largest absolute Gasteiger partial charge is 0.497 e. The van der Waals surface area contributed by atoms with E-state index in [9.17, 15) is 0 Å². The van der Waals surface area contributed by atoms with Crippen LogP contribution in [-0.2, 0) is 11.3 Å². The molecule has 0 saturated heterocycles. The van der Waals surface area contributed by atoms with Gasteiger partial charge in [-0.05, 0) is 6.07 Å². The van der Waals surface area contributed by atoms with Gasteiger partial charge in [0.2, 0.25) is 0 Å². The fourth-order valence-corrected chi connectivity index (χ4v) is 0.530. The van der Waals surface area contributed by atoms with Gasteiger partial charge in [0.1, 0.15) is 6.61 Å². The van der Waals surface area contributed by atoms with Crippen LogP contribution in [0.15, 0.2) is 35.9 Å². The van der Waals surface area contributed by atoms with Crippen LogP contribution in [0.1, 0.15) is 5.56 Å². The van der Waals surface area contributed by atoms with E-state index in [-0.39, 0.29) is 0 Å². The van der Waals surface area contributed by atoms with Crippen LogP contribution in [0.2, 0.25) is 0 Å². The molecular formula is C7H8O2. The lowest BCUT2D eigenvalue weighted by Gasteiger charge is -1.92. The first-order valence-corrected chi connectivity index (χ1v) is 2.67. The standard InChI is InChI=1S/C7H8O2/c1-2-8-5-7-3-4-9-6-7/h2-4,6H,1,5H2. The SMILES string of the molecule is C=COCc1ccoc1. The molecule has 0 aliphatic heterocycles. The first-order chi connectivity index (χ1) is 4.43. The molecule has 0 bridgehead atoms. The Morgan fingerprint density at radius 2 is 2.67 bits per heavy atom. The third-order valence-corrected chi connectivity index (χ3v) is 0.948. The van der Waals surface area contributed by atoms with Gasteiger partial charge in [-0.2, -0.15) is 0 Å². The van der Waals surface area contributed by atoms with E-state index in [0.717, 1.165) is 5.56 Å². The molecule has 1 rings (SSSR count). The lowest BCUT2D eigenvalue weighted by Crippen LogP contribution is -1.80. The van der Waals surface area contributed by atoms with E-state index in [1.165, 1.54) is 6.26 Å². The van der Waals surface area contributed by atoms with Gasteiger partial charge in [-0.25, -0.2) is 0 Å². The molecule has 0 aliphatic rings. The molecule has 2 heteroatoms. The number of hydrogen-bond acceptors (Lipinski definition) is 2.